The summed E-state index contributed by atoms with van der Waals surface area (Å²) in [6.07, 6.45) is 1.43. The third-order valence-electron chi connectivity index (χ3n) is 4.86. The molecular weight excluding hydrogens is 515 g/mol. The van der Waals surface area contributed by atoms with Crippen LogP contribution in [0.15, 0.2) is 41.3 Å². The number of imide groups is 1. The maximum atomic E-state index is 13.0. The molecule has 0 spiro atoms. The molecule has 1 N–H and O–H groups in total. The summed E-state index contributed by atoms with van der Waals surface area (Å²) in [5.74, 6) is -1.99. The highest BCUT2D eigenvalue weighted by Crippen LogP contribution is 2.39. The summed E-state index contributed by atoms with van der Waals surface area (Å²) in [4.78, 5) is 50.2. The van der Waals surface area contributed by atoms with Crippen molar-refractivity contribution in [2.45, 2.75) is 19.9 Å². The second-order valence-corrected chi connectivity index (χ2v) is 8.76. The number of rotatable bonds is 9. The summed E-state index contributed by atoms with van der Waals surface area (Å²) in [5, 5.41) is 2.05. The molecule has 1 aliphatic rings. The van der Waals surface area contributed by atoms with Gasteiger partial charge in [0.25, 0.3) is 17.1 Å². The number of esters is 1. The van der Waals surface area contributed by atoms with Crippen LogP contribution in [0.5, 0.6) is 11.5 Å². The van der Waals surface area contributed by atoms with Crippen molar-refractivity contribution in [3.05, 3.63) is 57.7 Å². The predicted octanol–water partition coefficient (Wildman–Crippen LogP) is 4.49. The Bertz CT molecular complexity index is 1220. The Morgan fingerprint density at radius 2 is 1.92 bits per heavy atom. The predicted molar refractivity (Wildman–Crippen MR) is 132 cm³/mol. The van der Waals surface area contributed by atoms with Crippen LogP contribution >= 0.6 is 23.4 Å². The Kier molecular flexibility index (Phi) is 8.94. The number of nitrogens with zero attached hydrogens (tertiary/aromatic N) is 1. The zero-order chi connectivity index (χ0) is 26.4. The van der Waals surface area contributed by atoms with Crippen LogP contribution in [0.2, 0.25) is 5.02 Å². The molecule has 1 atom stereocenters. The van der Waals surface area contributed by atoms with Crippen LogP contribution in [0.4, 0.5) is 14.9 Å². The Balaban J connectivity index is 1.74. The second-order valence-electron chi connectivity index (χ2n) is 7.36. The van der Waals surface area contributed by atoms with Gasteiger partial charge in [-0.2, -0.15) is 0 Å². The second kappa shape index (κ2) is 11.9. The van der Waals surface area contributed by atoms with Crippen molar-refractivity contribution in [1.82, 2.24) is 4.90 Å². The molecule has 0 bridgehead atoms. The minimum atomic E-state index is -1.07. The average Bonchev–Trinajstić information content (AvgIpc) is 3.11. The van der Waals surface area contributed by atoms with E-state index >= 15 is 0 Å². The van der Waals surface area contributed by atoms with Gasteiger partial charge in [-0.25, -0.2) is 9.18 Å². The average molecular weight is 537 g/mol. The van der Waals surface area contributed by atoms with Gasteiger partial charge in [0, 0.05) is 5.69 Å². The van der Waals surface area contributed by atoms with Gasteiger partial charge in [0.1, 0.15) is 11.9 Å². The van der Waals surface area contributed by atoms with Crippen LogP contribution in [-0.4, -0.2) is 54.3 Å². The number of anilines is 1. The summed E-state index contributed by atoms with van der Waals surface area (Å²) in [5.41, 5.74) is 0.818. The minimum Gasteiger partial charge on any atom is -0.493 e. The Morgan fingerprint density at radius 3 is 2.56 bits per heavy atom. The summed E-state index contributed by atoms with van der Waals surface area (Å²) >= 11 is 7.02. The molecule has 1 heterocycles. The largest absolute Gasteiger partial charge is 0.493 e. The van der Waals surface area contributed by atoms with E-state index in [0.29, 0.717) is 23.0 Å². The van der Waals surface area contributed by atoms with E-state index in [1.165, 1.54) is 56.5 Å². The molecule has 0 aromatic heterocycles. The van der Waals surface area contributed by atoms with Crippen molar-refractivity contribution in [3.63, 3.8) is 0 Å². The molecule has 3 amide bonds. The molecule has 0 radical (unpaired) electrons. The molecule has 0 saturated carbocycles. The molecule has 1 saturated heterocycles. The zero-order valence-corrected chi connectivity index (χ0v) is 21.1. The number of amides is 3. The van der Waals surface area contributed by atoms with Gasteiger partial charge < -0.3 is 19.5 Å². The molecule has 190 valence electrons. The molecule has 0 aliphatic carbocycles. The Morgan fingerprint density at radius 1 is 1.22 bits per heavy atom. The summed E-state index contributed by atoms with van der Waals surface area (Å²) < 4.78 is 28.8. The molecule has 12 heteroatoms. The highest BCUT2D eigenvalue weighted by Gasteiger charge is 2.41. The molecule has 9 nitrogen and oxygen atoms in total. The van der Waals surface area contributed by atoms with E-state index < -0.39 is 41.5 Å². The molecule has 36 heavy (non-hydrogen) atoms. The number of ether oxygens (including phenoxy) is 3. The Hall–Kier alpha value is -3.57. The van der Waals surface area contributed by atoms with Gasteiger partial charge >= 0.3 is 5.97 Å². The van der Waals surface area contributed by atoms with Gasteiger partial charge in [-0.05, 0) is 73.6 Å². The standard InChI is InChI=1S/C24H22ClFN2O7S/c1-4-34-23(31)13(2)28-22(30)19(36-24(28)32)11-14-9-17(25)21(18(10-14)33-3)35-12-20(29)27-16-7-5-15(26)6-8-16/h5-11,13H,4,12H2,1-3H3,(H,27,29)/b19-11+/t13-/m1/s1. The fourth-order valence-corrected chi connectivity index (χ4v) is 4.35. The van der Waals surface area contributed by atoms with Gasteiger partial charge in [0.15, 0.2) is 18.1 Å². The lowest BCUT2D eigenvalue weighted by Gasteiger charge is -2.19. The van der Waals surface area contributed by atoms with Crippen LogP contribution in [0, 0.1) is 5.82 Å². The highest BCUT2D eigenvalue weighted by atomic mass is 35.5. The Labute approximate surface area is 215 Å². The van der Waals surface area contributed by atoms with Crippen LogP contribution in [0.25, 0.3) is 6.08 Å². The van der Waals surface area contributed by atoms with Gasteiger partial charge in [0.05, 0.1) is 23.6 Å². The first-order valence-electron chi connectivity index (χ1n) is 10.6. The lowest BCUT2D eigenvalue weighted by atomic mass is 10.1. The first kappa shape index (κ1) is 27.0. The summed E-state index contributed by atoms with van der Waals surface area (Å²) in [7, 11) is 1.37. The van der Waals surface area contributed by atoms with Crippen molar-refractivity contribution >= 4 is 58.1 Å². The van der Waals surface area contributed by atoms with E-state index in [1.54, 1.807) is 6.92 Å². The lowest BCUT2D eigenvalue weighted by Crippen LogP contribution is -2.42. The maximum absolute atomic E-state index is 13.0. The van der Waals surface area contributed by atoms with Crippen molar-refractivity contribution in [2.75, 3.05) is 25.6 Å². The molecule has 2 aromatic rings. The van der Waals surface area contributed by atoms with Crippen LogP contribution < -0.4 is 14.8 Å². The maximum Gasteiger partial charge on any atom is 0.329 e. The molecular formula is C24H22ClFN2O7S. The fraction of sp³-hybridized carbons (Fsp3) is 0.250. The third-order valence-corrected chi connectivity index (χ3v) is 6.03. The van der Waals surface area contributed by atoms with Crippen LogP contribution in [-0.2, 0) is 19.1 Å². The number of carbonyl (C=O) groups excluding carboxylic acids is 4. The molecule has 3 rings (SSSR count). The van der Waals surface area contributed by atoms with Gasteiger partial charge in [0.2, 0.25) is 0 Å². The zero-order valence-electron chi connectivity index (χ0n) is 19.5. The quantitative estimate of drug-likeness (QED) is 0.368. The summed E-state index contributed by atoms with van der Waals surface area (Å²) in [6.45, 7) is 2.75. The number of nitrogens with one attached hydrogen (secondary N) is 1. The van der Waals surface area contributed by atoms with Crippen molar-refractivity contribution in [2.24, 2.45) is 0 Å². The number of thioether (sulfide) groups is 1. The third kappa shape index (κ3) is 6.35. The van der Waals surface area contributed by atoms with E-state index in [9.17, 15) is 23.6 Å². The van der Waals surface area contributed by atoms with Gasteiger partial charge in [-0.1, -0.05) is 11.6 Å². The van der Waals surface area contributed by atoms with Crippen molar-refractivity contribution in [3.8, 4) is 11.5 Å². The molecule has 2 aromatic carbocycles. The normalized spacial score (nSPS) is 15.1. The van der Waals surface area contributed by atoms with Crippen LogP contribution in [0.3, 0.4) is 0 Å². The number of hydrogen-bond acceptors (Lipinski definition) is 8. The number of benzene rings is 2. The lowest BCUT2D eigenvalue weighted by molar-refractivity contribution is -0.150. The van der Waals surface area contributed by atoms with Gasteiger partial charge in [-0.15, -0.1) is 0 Å². The van der Waals surface area contributed by atoms with Crippen molar-refractivity contribution in [1.29, 1.82) is 0 Å². The SMILES string of the molecule is CCOC(=O)[C@@H](C)N1C(=O)S/C(=C/c2cc(Cl)c(OCC(=O)Nc3ccc(F)cc3)c(OC)c2)C1=O. The highest BCUT2D eigenvalue weighted by molar-refractivity contribution is 8.18. The number of halogens is 2. The van der Waals surface area contributed by atoms with Gasteiger partial charge in [-0.3, -0.25) is 19.3 Å². The van der Waals surface area contributed by atoms with E-state index in [0.717, 1.165) is 4.90 Å². The van der Waals surface area contributed by atoms with Crippen LogP contribution in [0.1, 0.15) is 19.4 Å². The monoisotopic (exact) mass is 536 g/mol. The molecule has 0 unspecified atom stereocenters. The van der Waals surface area contributed by atoms with Crippen molar-refractivity contribution < 1.29 is 37.8 Å². The number of methoxy groups -OCH3 is 1. The molecule has 1 fully saturated rings. The smallest absolute Gasteiger partial charge is 0.329 e. The number of hydrogen-bond donors (Lipinski definition) is 1. The first-order valence-corrected chi connectivity index (χ1v) is 11.8. The van der Waals surface area contributed by atoms with E-state index in [2.05, 4.69) is 5.32 Å². The fourth-order valence-electron chi connectivity index (χ4n) is 3.16. The van der Waals surface area contributed by atoms with E-state index in [1.807, 2.05) is 0 Å². The van der Waals surface area contributed by atoms with E-state index in [-0.39, 0.29) is 28.0 Å². The number of carbonyl (C=O) groups is 4. The first-order chi connectivity index (χ1) is 17.1. The molecule has 1 aliphatic heterocycles. The summed E-state index contributed by atoms with van der Waals surface area (Å²) in [6, 6.07) is 7.15. The minimum absolute atomic E-state index is 0.0848. The van der Waals surface area contributed by atoms with E-state index in [4.69, 9.17) is 25.8 Å². The topological polar surface area (TPSA) is 111 Å².